The van der Waals surface area contributed by atoms with Crippen LogP contribution in [0.15, 0.2) is 29.4 Å². The van der Waals surface area contributed by atoms with Crippen LogP contribution < -0.4 is 0 Å². The van der Waals surface area contributed by atoms with Gasteiger partial charge in [-0.15, -0.1) is 0 Å². The number of aryl methyl sites for hydroxylation is 1. The van der Waals surface area contributed by atoms with Crippen LogP contribution in [0.25, 0.3) is 11.0 Å². The summed E-state index contributed by atoms with van der Waals surface area (Å²) in [6.45, 7) is 1.66. The van der Waals surface area contributed by atoms with E-state index in [4.69, 9.17) is 5.11 Å². The number of nitrogens with zero attached hydrogens (tertiary/aromatic N) is 2. The van der Waals surface area contributed by atoms with Crippen molar-refractivity contribution in [3.63, 3.8) is 0 Å². The molecule has 1 aromatic carbocycles. The Hall–Kier alpha value is -1.49. The van der Waals surface area contributed by atoms with Crippen LogP contribution in [0.5, 0.6) is 0 Å². The number of carboxylic acid groups (broad SMARTS) is 1. The maximum atomic E-state index is 10.8. The highest BCUT2D eigenvalue weighted by Crippen LogP contribution is 2.25. The molecule has 1 heterocycles. The molecule has 1 atom stereocenters. The highest BCUT2D eigenvalue weighted by molar-refractivity contribution is 8.00. The van der Waals surface area contributed by atoms with Crippen molar-refractivity contribution in [2.24, 2.45) is 7.05 Å². The number of benzene rings is 1. The first kappa shape index (κ1) is 11.0. The van der Waals surface area contributed by atoms with Gasteiger partial charge in [-0.05, 0) is 19.1 Å². The largest absolute Gasteiger partial charge is 0.480 e. The van der Waals surface area contributed by atoms with Gasteiger partial charge in [0.1, 0.15) is 5.25 Å². The van der Waals surface area contributed by atoms with Crippen molar-refractivity contribution >= 4 is 28.8 Å². The lowest BCUT2D eigenvalue weighted by molar-refractivity contribution is -0.136. The van der Waals surface area contributed by atoms with Gasteiger partial charge in [0, 0.05) is 7.05 Å². The molecular weight excluding hydrogens is 224 g/mol. The van der Waals surface area contributed by atoms with E-state index in [1.807, 2.05) is 35.9 Å². The van der Waals surface area contributed by atoms with Gasteiger partial charge in [-0.25, -0.2) is 4.98 Å². The van der Waals surface area contributed by atoms with Crippen LogP contribution in [-0.2, 0) is 11.8 Å². The van der Waals surface area contributed by atoms with Gasteiger partial charge in [-0.2, -0.15) is 0 Å². The molecule has 0 fully saturated rings. The van der Waals surface area contributed by atoms with E-state index >= 15 is 0 Å². The Labute approximate surface area is 97.3 Å². The number of para-hydroxylation sites is 2. The zero-order chi connectivity index (χ0) is 11.7. The molecule has 0 radical (unpaired) electrons. The molecule has 0 spiro atoms. The molecule has 1 aromatic heterocycles. The van der Waals surface area contributed by atoms with Gasteiger partial charge in [-0.3, -0.25) is 4.79 Å². The molecule has 0 amide bonds. The number of carbonyl (C=O) groups is 1. The summed E-state index contributed by atoms with van der Waals surface area (Å²) in [6, 6.07) is 7.76. The fourth-order valence-electron chi connectivity index (χ4n) is 1.44. The Morgan fingerprint density at radius 3 is 2.81 bits per heavy atom. The van der Waals surface area contributed by atoms with Gasteiger partial charge in [-0.1, -0.05) is 23.9 Å². The number of aliphatic carboxylic acids is 1. The second-order valence-electron chi connectivity index (χ2n) is 3.54. The molecular formula is C11H12N2O2S. The zero-order valence-electron chi connectivity index (χ0n) is 9.04. The Morgan fingerprint density at radius 2 is 2.19 bits per heavy atom. The lowest BCUT2D eigenvalue weighted by Crippen LogP contribution is -2.12. The van der Waals surface area contributed by atoms with E-state index in [2.05, 4.69) is 4.98 Å². The summed E-state index contributed by atoms with van der Waals surface area (Å²) in [5.41, 5.74) is 1.91. The molecule has 84 valence electrons. The van der Waals surface area contributed by atoms with E-state index in [9.17, 15) is 4.79 Å². The molecule has 0 bridgehead atoms. The minimum absolute atomic E-state index is 0.490. The summed E-state index contributed by atoms with van der Waals surface area (Å²) < 4.78 is 1.92. The molecule has 0 unspecified atom stereocenters. The fourth-order valence-corrected chi connectivity index (χ4v) is 2.26. The lowest BCUT2D eigenvalue weighted by Gasteiger charge is -2.05. The second kappa shape index (κ2) is 4.17. The van der Waals surface area contributed by atoms with Gasteiger partial charge < -0.3 is 9.67 Å². The first-order valence-corrected chi connectivity index (χ1v) is 5.78. The van der Waals surface area contributed by atoms with E-state index in [1.54, 1.807) is 6.92 Å². The number of imidazole rings is 1. The maximum absolute atomic E-state index is 10.8. The SMILES string of the molecule is C[C@@H](Sc1nc2ccccc2n1C)C(=O)O. The van der Waals surface area contributed by atoms with Crippen LogP contribution >= 0.6 is 11.8 Å². The third kappa shape index (κ3) is 1.90. The van der Waals surface area contributed by atoms with E-state index in [-0.39, 0.29) is 0 Å². The fraction of sp³-hybridized carbons (Fsp3) is 0.273. The van der Waals surface area contributed by atoms with Crippen LogP contribution in [0.4, 0.5) is 0 Å². The van der Waals surface area contributed by atoms with E-state index < -0.39 is 11.2 Å². The highest BCUT2D eigenvalue weighted by atomic mass is 32.2. The van der Waals surface area contributed by atoms with Crippen LogP contribution in [0.2, 0.25) is 0 Å². The van der Waals surface area contributed by atoms with Crippen molar-refractivity contribution in [2.45, 2.75) is 17.3 Å². The Morgan fingerprint density at radius 1 is 1.50 bits per heavy atom. The van der Waals surface area contributed by atoms with Gasteiger partial charge in [0.25, 0.3) is 0 Å². The van der Waals surface area contributed by atoms with Crippen molar-refractivity contribution in [3.8, 4) is 0 Å². The predicted octanol–water partition coefficient (Wildman–Crippen LogP) is 2.14. The Kier molecular flexibility index (Phi) is 2.87. The summed E-state index contributed by atoms with van der Waals surface area (Å²) in [5.74, 6) is -0.822. The summed E-state index contributed by atoms with van der Waals surface area (Å²) in [5, 5.41) is 9.09. The Bertz CT molecular complexity index is 536. The zero-order valence-corrected chi connectivity index (χ0v) is 9.86. The average molecular weight is 236 g/mol. The van der Waals surface area contributed by atoms with Gasteiger partial charge in [0.2, 0.25) is 0 Å². The minimum atomic E-state index is -0.822. The highest BCUT2D eigenvalue weighted by Gasteiger charge is 2.16. The van der Waals surface area contributed by atoms with Crippen LogP contribution in [0, 0.1) is 0 Å². The minimum Gasteiger partial charge on any atom is -0.480 e. The molecule has 5 heteroatoms. The summed E-state index contributed by atoms with van der Waals surface area (Å²) in [7, 11) is 1.90. The molecule has 0 aliphatic heterocycles. The third-order valence-electron chi connectivity index (χ3n) is 2.38. The van der Waals surface area contributed by atoms with Crippen molar-refractivity contribution in [1.82, 2.24) is 9.55 Å². The molecule has 0 saturated carbocycles. The summed E-state index contributed by atoms with van der Waals surface area (Å²) in [4.78, 5) is 15.2. The quantitative estimate of drug-likeness (QED) is 0.829. The molecule has 0 aliphatic rings. The molecule has 0 saturated heterocycles. The molecule has 2 rings (SSSR count). The molecule has 2 aromatic rings. The van der Waals surface area contributed by atoms with Gasteiger partial charge in [0.15, 0.2) is 5.16 Å². The summed E-state index contributed by atoms with van der Waals surface area (Å²) in [6.07, 6.45) is 0. The van der Waals surface area contributed by atoms with Crippen LogP contribution in [-0.4, -0.2) is 25.9 Å². The van der Waals surface area contributed by atoms with E-state index in [1.165, 1.54) is 11.8 Å². The lowest BCUT2D eigenvalue weighted by atomic mass is 10.3. The molecule has 0 aliphatic carbocycles. The standard InChI is InChI=1S/C11H12N2O2S/c1-7(10(14)15)16-11-12-8-5-3-4-6-9(8)13(11)2/h3-7H,1-2H3,(H,14,15)/t7-/m1/s1. The third-order valence-corrected chi connectivity index (χ3v) is 3.51. The monoisotopic (exact) mass is 236 g/mol. The van der Waals surface area contributed by atoms with Crippen molar-refractivity contribution < 1.29 is 9.90 Å². The summed E-state index contributed by atoms with van der Waals surface area (Å²) >= 11 is 1.26. The van der Waals surface area contributed by atoms with Crippen molar-refractivity contribution in [3.05, 3.63) is 24.3 Å². The number of thioether (sulfide) groups is 1. The average Bonchev–Trinajstić information content (AvgIpc) is 2.56. The number of aromatic nitrogens is 2. The second-order valence-corrected chi connectivity index (χ2v) is 4.85. The molecule has 16 heavy (non-hydrogen) atoms. The molecule has 1 N–H and O–H groups in total. The maximum Gasteiger partial charge on any atom is 0.316 e. The topological polar surface area (TPSA) is 55.1 Å². The van der Waals surface area contributed by atoms with E-state index in [0.29, 0.717) is 0 Å². The number of hydrogen-bond donors (Lipinski definition) is 1. The number of rotatable bonds is 3. The predicted molar refractivity (Wildman–Crippen MR) is 63.7 cm³/mol. The van der Waals surface area contributed by atoms with Crippen LogP contribution in [0.3, 0.4) is 0 Å². The van der Waals surface area contributed by atoms with E-state index in [0.717, 1.165) is 16.2 Å². The number of fused-ring (bicyclic) bond motifs is 1. The Balaban J connectivity index is 2.38. The smallest absolute Gasteiger partial charge is 0.316 e. The van der Waals surface area contributed by atoms with Gasteiger partial charge >= 0.3 is 5.97 Å². The first-order chi connectivity index (χ1) is 7.59. The normalized spacial score (nSPS) is 12.9. The van der Waals surface area contributed by atoms with Crippen molar-refractivity contribution in [1.29, 1.82) is 0 Å². The first-order valence-electron chi connectivity index (χ1n) is 4.90. The number of hydrogen-bond acceptors (Lipinski definition) is 3. The van der Waals surface area contributed by atoms with Crippen molar-refractivity contribution in [2.75, 3.05) is 0 Å². The van der Waals surface area contributed by atoms with Crippen LogP contribution in [0.1, 0.15) is 6.92 Å². The van der Waals surface area contributed by atoms with Gasteiger partial charge in [0.05, 0.1) is 11.0 Å². The molecule has 4 nitrogen and oxygen atoms in total. The number of carboxylic acids is 1.